The smallest absolute Gasteiger partial charge is 0.379 e. The number of ether oxygens (including phenoxy) is 1. The number of amides is 2. The molecule has 1 heterocycles. The van der Waals surface area contributed by atoms with Crippen LogP contribution in [0.2, 0.25) is 0 Å². The van der Waals surface area contributed by atoms with E-state index in [-0.39, 0.29) is 23.8 Å². The van der Waals surface area contributed by atoms with Crippen LogP contribution in [0.1, 0.15) is 28.8 Å². The van der Waals surface area contributed by atoms with Crippen molar-refractivity contribution in [2.75, 3.05) is 13.1 Å². The minimum absolute atomic E-state index is 0.0638. The third-order valence-corrected chi connectivity index (χ3v) is 4.15. The van der Waals surface area contributed by atoms with Crippen LogP contribution in [0, 0.1) is 11.3 Å². The van der Waals surface area contributed by atoms with Gasteiger partial charge in [-0.05, 0) is 36.4 Å². The number of carbonyl (C=O) groups excluding carboxylic acids is 3. The Kier molecular flexibility index (Phi) is 7.50. The zero-order valence-corrected chi connectivity index (χ0v) is 16.7. The van der Waals surface area contributed by atoms with Crippen molar-refractivity contribution in [2.24, 2.45) is 17.4 Å². The predicted octanol–water partition coefficient (Wildman–Crippen LogP) is 0.360. The molecule has 1 unspecified atom stereocenters. The number of hydrogen-bond acceptors (Lipinski definition) is 7. The zero-order valence-electron chi connectivity index (χ0n) is 16.7. The van der Waals surface area contributed by atoms with Crippen molar-refractivity contribution in [2.45, 2.75) is 13.3 Å². The van der Waals surface area contributed by atoms with Gasteiger partial charge in [-0.15, -0.1) is 0 Å². The van der Waals surface area contributed by atoms with Crippen LogP contribution in [0.4, 0.5) is 0 Å². The molecule has 0 bridgehead atoms. The molecule has 0 spiro atoms. The molecule has 1 aromatic heterocycles. The predicted molar refractivity (Wildman–Crippen MR) is 107 cm³/mol. The molecule has 0 radical (unpaired) electrons. The van der Waals surface area contributed by atoms with Gasteiger partial charge in [-0.1, -0.05) is 6.92 Å². The van der Waals surface area contributed by atoms with E-state index < -0.39 is 42.8 Å². The number of primary amides is 1. The molecule has 6 N–H and O–H groups in total. The number of rotatable bonds is 10. The molecule has 1 aromatic carbocycles. The molecule has 0 aliphatic rings. The zero-order chi connectivity index (χ0) is 23.1. The summed E-state index contributed by atoms with van der Waals surface area (Å²) < 4.78 is 10.6. The number of hydrogen-bond donors (Lipinski definition) is 4. The van der Waals surface area contributed by atoms with E-state index in [4.69, 9.17) is 31.1 Å². The van der Waals surface area contributed by atoms with E-state index in [0.29, 0.717) is 11.3 Å². The van der Waals surface area contributed by atoms with Crippen LogP contribution in [-0.4, -0.2) is 52.7 Å². The minimum atomic E-state index is -1.28. The second-order valence-corrected chi connectivity index (χ2v) is 6.75. The van der Waals surface area contributed by atoms with Gasteiger partial charge in [0.2, 0.25) is 17.6 Å². The van der Waals surface area contributed by atoms with Gasteiger partial charge in [0.15, 0.2) is 0 Å². The van der Waals surface area contributed by atoms with E-state index in [2.05, 4.69) is 0 Å². The lowest BCUT2D eigenvalue weighted by atomic mass is 10.0. The van der Waals surface area contributed by atoms with Crippen LogP contribution in [0.15, 0.2) is 40.8 Å². The maximum atomic E-state index is 12.5. The average molecular weight is 430 g/mol. The van der Waals surface area contributed by atoms with Crippen LogP contribution in [0.3, 0.4) is 0 Å². The molecule has 0 aliphatic heterocycles. The molecule has 0 saturated heterocycles. The van der Waals surface area contributed by atoms with Gasteiger partial charge < -0.3 is 30.6 Å². The maximum Gasteiger partial charge on any atom is 0.379 e. The van der Waals surface area contributed by atoms with Crippen LogP contribution < -0.4 is 16.2 Å². The Morgan fingerprint density at radius 2 is 1.74 bits per heavy atom. The Balaban J connectivity index is 2.01. The van der Waals surface area contributed by atoms with Crippen LogP contribution >= 0.6 is 0 Å². The standard InChI is InChI=1S/C20H22N4O7/c1-11(19(28)24(9-16(21)25)10-17(26)27)8-14-6-7-15(30-14)20(29)31-13-4-2-12(3-5-13)18(22)23/h2-7,11H,8-10H2,1H3,(H2,21,25)(H3,22,23)(H,26,27). The number of carboxylic acids is 1. The Bertz CT molecular complexity index is 981. The Labute approximate surface area is 177 Å². The highest BCUT2D eigenvalue weighted by atomic mass is 16.5. The summed E-state index contributed by atoms with van der Waals surface area (Å²) in [6.07, 6.45) is 0.0638. The van der Waals surface area contributed by atoms with Crippen molar-refractivity contribution in [3.8, 4) is 5.75 Å². The second kappa shape index (κ2) is 10.1. The average Bonchev–Trinajstić information content (AvgIpc) is 3.15. The fourth-order valence-electron chi connectivity index (χ4n) is 2.72. The van der Waals surface area contributed by atoms with Crippen LogP contribution in [0.5, 0.6) is 5.75 Å². The minimum Gasteiger partial charge on any atom is -0.480 e. The van der Waals surface area contributed by atoms with Gasteiger partial charge in [0.25, 0.3) is 0 Å². The van der Waals surface area contributed by atoms with Crippen LogP contribution in [-0.2, 0) is 20.8 Å². The molecule has 2 aromatic rings. The number of nitrogens with two attached hydrogens (primary N) is 2. The van der Waals surface area contributed by atoms with Gasteiger partial charge in [0, 0.05) is 17.9 Å². The fraction of sp³-hybridized carbons (Fsp3) is 0.250. The van der Waals surface area contributed by atoms with Crippen molar-refractivity contribution in [3.63, 3.8) is 0 Å². The Morgan fingerprint density at radius 3 is 2.29 bits per heavy atom. The van der Waals surface area contributed by atoms with Gasteiger partial charge >= 0.3 is 11.9 Å². The number of nitrogens with zero attached hydrogens (tertiary/aromatic N) is 1. The van der Waals surface area contributed by atoms with Gasteiger partial charge in [0.05, 0.1) is 6.54 Å². The largest absolute Gasteiger partial charge is 0.480 e. The first-order chi connectivity index (χ1) is 14.6. The molecule has 164 valence electrons. The highest BCUT2D eigenvalue weighted by Crippen LogP contribution is 2.18. The number of carboxylic acid groups (broad SMARTS) is 1. The summed E-state index contributed by atoms with van der Waals surface area (Å²) in [7, 11) is 0. The molecule has 0 saturated carbocycles. The van der Waals surface area contributed by atoms with Crippen molar-refractivity contribution in [1.29, 1.82) is 5.41 Å². The summed E-state index contributed by atoms with van der Waals surface area (Å²) in [4.78, 5) is 47.6. The fourth-order valence-corrected chi connectivity index (χ4v) is 2.72. The molecular weight excluding hydrogens is 408 g/mol. The number of aliphatic carboxylic acids is 1. The van der Waals surface area contributed by atoms with E-state index >= 15 is 0 Å². The third kappa shape index (κ3) is 6.70. The molecule has 31 heavy (non-hydrogen) atoms. The lowest BCUT2D eigenvalue weighted by Crippen LogP contribution is -2.44. The molecule has 0 aliphatic carbocycles. The first kappa shape index (κ1) is 23.1. The number of furan rings is 1. The number of nitrogens with one attached hydrogen (secondary N) is 1. The molecule has 2 rings (SSSR count). The van der Waals surface area contributed by atoms with E-state index in [1.807, 2.05) is 0 Å². The summed E-state index contributed by atoms with van der Waals surface area (Å²) in [6, 6.07) is 8.90. The lowest BCUT2D eigenvalue weighted by molar-refractivity contribution is -0.147. The van der Waals surface area contributed by atoms with Gasteiger partial charge in [-0.2, -0.15) is 0 Å². The summed E-state index contributed by atoms with van der Waals surface area (Å²) in [5.74, 6) is -3.87. The monoisotopic (exact) mass is 430 g/mol. The lowest BCUT2D eigenvalue weighted by Gasteiger charge is -2.22. The highest BCUT2D eigenvalue weighted by Gasteiger charge is 2.25. The first-order valence-corrected chi connectivity index (χ1v) is 9.11. The summed E-state index contributed by atoms with van der Waals surface area (Å²) in [5.41, 5.74) is 10.9. The van der Waals surface area contributed by atoms with E-state index in [0.717, 1.165) is 4.90 Å². The normalized spacial score (nSPS) is 11.4. The van der Waals surface area contributed by atoms with Gasteiger partial charge in [-0.3, -0.25) is 19.8 Å². The van der Waals surface area contributed by atoms with Crippen molar-refractivity contribution >= 4 is 29.6 Å². The van der Waals surface area contributed by atoms with Gasteiger partial charge in [-0.25, -0.2) is 4.79 Å². The SMILES string of the molecule is CC(Cc1ccc(C(=O)Oc2ccc(C(=N)N)cc2)o1)C(=O)N(CC(N)=O)CC(=O)O. The molecule has 11 nitrogen and oxygen atoms in total. The van der Waals surface area contributed by atoms with Crippen molar-refractivity contribution < 1.29 is 33.4 Å². The number of carbonyl (C=O) groups is 4. The maximum absolute atomic E-state index is 12.5. The molecule has 2 amide bonds. The number of esters is 1. The van der Waals surface area contributed by atoms with E-state index in [1.54, 1.807) is 0 Å². The number of nitrogen functional groups attached to an aromatic ring is 1. The van der Waals surface area contributed by atoms with Crippen molar-refractivity contribution in [3.05, 3.63) is 53.5 Å². The third-order valence-electron chi connectivity index (χ3n) is 4.15. The topological polar surface area (TPSA) is 190 Å². The summed E-state index contributed by atoms with van der Waals surface area (Å²) in [5, 5.41) is 16.3. The number of benzene rings is 1. The highest BCUT2D eigenvalue weighted by molar-refractivity contribution is 5.95. The summed E-state index contributed by atoms with van der Waals surface area (Å²) in [6.45, 7) is 0.354. The van der Waals surface area contributed by atoms with E-state index in [1.165, 1.54) is 43.3 Å². The Hall–Kier alpha value is -4.15. The molecular formula is C20H22N4O7. The first-order valence-electron chi connectivity index (χ1n) is 9.11. The van der Waals surface area contributed by atoms with E-state index in [9.17, 15) is 19.2 Å². The quantitative estimate of drug-likeness (QED) is 0.180. The molecule has 11 heteroatoms. The Morgan fingerprint density at radius 1 is 1.10 bits per heavy atom. The van der Waals surface area contributed by atoms with Crippen molar-refractivity contribution in [1.82, 2.24) is 4.90 Å². The molecule has 1 atom stereocenters. The van der Waals surface area contributed by atoms with Gasteiger partial charge in [0.1, 0.15) is 23.9 Å². The molecule has 0 fully saturated rings. The second-order valence-electron chi connectivity index (χ2n) is 6.75. The number of amidine groups is 1. The van der Waals surface area contributed by atoms with Crippen LogP contribution in [0.25, 0.3) is 0 Å². The summed E-state index contributed by atoms with van der Waals surface area (Å²) >= 11 is 0.